The number of rotatable bonds is 6. The van der Waals surface area contributed by atoms with E-state index in [9.17, 15) is 22.9 Å². The van der Waals surface area contributed by atoms with Crippen LogP contribution in [0.25, 0.3) is 0 Å². The standard InChI is InChI=1S/C22H18FN3O5S/c1-13-14(12-24)9-18(21(27)26-16-5-4-6-17(11-16)32(3,28)29)22(25-13)31-19-8-7-15(23)10-20(19)30-2/h4-11H,1-3H3,(H,26,27). The lowest BCUT2D eigenvalue weighted by atomic mass is 10.1. The summed E-state index contributed by atoms with van der Waals surface area (Å²) < 4.78 is 47.9. The maximum absolute atomic E-state index is 13.5. The Morgan fingerprint density at radius 1 is 1.16 bits per heavy atom. The topological polar surface area (TPSA) is 118 Å². The molecule has 0 aliphatic heterocycles. The average Bonchev–Trinajstić information content (AvgIpc) is 2.74. The first-order valence-corrected chi connectivity index (χ1v) is 11.1. The number of carbonyl (C=O) groups excluding carboxylic acids is 1. The van der Waals surface area contributed by atoms with E-state index in [1.807, 2.05) is 6.07 Å². The van der Waals surface area contributed by atoms with Gasteiger partial charge in [-0.2, -0.15) is 5.26 Å². The summed E-state index contributed by atoms with van der Waals surface area (Å²) in [5, 5.41) is 11.9. The molecule has 0 aliphatic rings. The zero-order valence-electron chi connectivity index (χ0n) is 17.3. The number of methoxy groups -OCH3 is 1. The van der Waals surface area contributed by atoms with Gasteiger partial charge in [0.1, 0.15) is 17.4 Å². The molecule has 0 fully saturated rings. The highest BCUT2D eigenvalue weighted by Crippen LogP contribution is 2.33. The number of sulfone groups is 1. The fourth-order valence-corrected chi connectivity index (χ4v) is 3.44. The van der Waals surface area contributed by atoms with E-state index < -0.39 is 21.6 Å². The molecule has 1 aromatic heterocycles. The number of nitrogens with zero attached hydrogens (tertiary/aromatic N) is 2. The van der Waals surface area contributed by atoms with E-state index >= 15 is 0 Å². The van der Waals surface area contributed by atoms with E-state index in [1.165, 1.54) is 43.5 Å². The predicted octanol–water partition coefficient (Wildman–Crippen LogP) is 3.86. The summed E-state index contributed by atoms with van der Waals surface area (Å²) in [6.07, 6.45) is 1.05. The highest BCUT2D eigenvalue weighted by molar-refractivity contribution is 7.90. The molecule has 3 rings (SSSR count). The van der Waals surface area contributed by atoms with Gasteiger partial charge in [0.15, 0.2) is 21.3 Å². The number of nitriles is 1. The second-order valence-electron chi connectivity index (χ2n) is 6.74. The third kappa shape index (κ3) is 5.01. The van der Waals surface area contributed by atoms with E-state index in [2.05, 4.69) is 10.3 Å². The summed E-state index contributed by atoms with van der Waals surface area (Å²) in [7, 11) is -2.14. The molecular weight excluding hydrogens is 437 g/mol. The Bertz CT molecular complexity index is 1350. The number of hydrogen-bond acceptors (Lipinski definition) is 7. The first-order valence-electron chi connectivity index (χ1n) is 9.17. The number of aromatic nitrogens is 1. The predicted molar refractivity (Wildman–Crippen MR) is 114 cm³/mol. The molecule has 2 aromatic carbocycles. The van der Waals surface area contributed by atoms with Gasteiger partial charge in [0.05, 0.1) is 23.3 Å². The first-order chi connectivity index (χ1) is 15.1. The van der Waals surface area contributed by atoms with Crippen molar-refractivity contribution in [3.63, 3.8) is 0 Å². The monoisotopic (exact) mass is 455 g/mol. The quantitative estimate of drug-likeness (QED) is 0.599. The van der Waals surface area contributed by atoms with Crippen LogP contribution in [0.4, 0.5) is 10.1 Å². The normalized spacial score (nSPS) is 10.8. The van der Waals surface area contributed by atoms with Crippen LogP contribution in [0, 0.1) is 24.1 Å². The molecule has 8 nitrogen and oxygen atoms in total. The van der Waals surface area contributed by atoms with Gasteiger partial charge in [-0.3, -0.25) is 4.79 Å². The van der Waals surface area contributed by atoms with Crippen LogP contribution in [0.2, 0.25) is 0 Å². The summed E-state index contributed by atoms with van der Waals surface area (Å²) in [6.45, 7) is 1.57. The van der Waals surface area contributed by atoms with Crippen molar-refractivity contribution in [1.29, 1.82) is 5.26 Å². The average molecular weight is 455 g/mol. The first kappa shape index (κ1) is 22.7. The van der Waals surface area contributed by atoms with Gasteiger partial charge >= 0.3 is 0 Å². The number of aryl methyl sites for hydroxylation is 1. The van der Waals surface area contributed by atoms with Crippen molar-refractivity contribution in [2.45, 2.75) is 11.8 Å². The van der Waals surface area contributed by atoms with Gasteiger partial charge in [-0.15, -0.1) is 0 Å². The van der Waals surface area contributed by atoms with Gasteiger partial charge in [0.25, 0.3) is 5.91 Å². The molecule has 32 heavy (non-hydrogen) atoms. The molecule has 0 saturated heterocycles. The van der Waals surface area contributed by atoms with Crippen LogP contribution in [0.5, 0.6) is 17.4 Å². The second kappa shape index (κ2) is 9.03. The Morgan fingerprint density at radius 3 is 2.56 bits per heavy atom. The Kier molecular flexibility index (Phi) is 6.41. The number of nitrogens with one attached hydrogen (secondary N) is 1. The molecule has 1 heterocycles. The van der Waals surface area contributed by atoms with Crippen LogP contribution >= 0.6 is 0 Å². The fraction of sp³-hybridized carbons (Fsp3) is 0.136. The van der Waals surface area contributed by atoms with E-state index in [0.29, 0.717) is 5.69 Å². The zero-order chi connectivity index (χ0) is 23.5. The van der Waals surface area contributed by atoms with Crippen molar-refractivity contribution in [1.82, 2.24) is 4.98 Å². The largest absolute Gasteiger partial charge is 0.493 e. The number of ether oxygens (including phenoxy) is 2. The van der Waals surface area contributed by atoms with Crippen molar-refractivity contribution in [3.8, 4) is 23.4 Å². The summed E-state index contributed by atoms with van der Waals surface area (Å²) >= 11 is 0. The molecule has 1 N–H and O–H groups in total. The number of hydrogen-bond donors (Lipinski definition) is 1. The van der Waals surface area contributed by atoms with Crippen molar-refractivity contribution in [3.05, 3.63) is 71.2 Å². The number of amides is 1. The van der Waals surface area contributed by atoms with Crippen molar-refractivity contribution < 1.29 is 27.1 Å². The van der Waals surface area contributed by atoms with Crippen LogP contribution in [0.3, 0.4) is 0 Å². The molecule has 0 radical (unpaired) electrons. The second-order valence-corrected chi connectivity index (χ2v) is 8.75. The molecule has 3 aromatic rings. The minimum atomic E-state index is -3.48. The minimum Gasteiger partial charge on any atom is -0.493 e. The van der Waals surface area contributed by atoms with Crippen LogP contribution in [-0.4, -0.2) is 32.7 Å². The smallest absolute Gasteiger partial charge is 0.261 e. The van der Waals surface area contributed by atoms with E-state index in [0.717, 1.165) is 18.4 Å². The lowest BCUT2D eigenvalue weighted by molar-refractivity contribution is 0.102. The van der Waals surface area contributed by atoms with E-state index in [1.54, 1.807) is 6.92 Å². The van der Waals surface area contributed by atoms with E-state index in [4.69, 9.17) is 9.47 Å². The number of benzene rings is 2. The Hall–Kier alpha value is -3.97. The van der Waals surface area contributed by atoms with Gasteiger partial charge in [0, 0.05) is 18.0 Å². The molecule has 0 unspecified atom stereocenters. The van der Waals surface area contributed by atoms with Gasteiger partial charge in [-0.05, 0) is 43.3 Å². The molecule has 164 valence electrons. The van der Waals surface area contributed by atoms with Gasteiger partial charge in [-0.1, -0.05) is 6.07 Å². The Labute approximate surface area is 184 Å². The lowest BCUT2D eigenvalue weighted by Gasteiger charge is -2.14. The third-order valence-electron chi connectivity index (χ3n) is 4.40. The molecule has 0 spiro atoms. The molecule has 0 bridgehead atoms. The SMILES string of the molecule is COc1cc(F)ccc1Oc1nc(C)c(C#N)cc1C(=O)Nc1cccc(S(C)(=O)=O)c1. The molecule has 0 saturated carbocycles. The summed E-state index contributed by atoms with van der Waals surface area (Å²) in [5.41, 5.74) is 0.614. The highest BCUT2D eigenvalue weighted by atomic mass is 32.2. The van der Waals surface area contributed by atoms with Crippen LogP contribution in [-0.2, 0) is 9.84 Å². The number of pyridine rings is 1. The Morgan fingerprint density at radius 2 is 1.91 bits per heavy atom. The highest BCUT2D eigenvalue weighted by Gasteiger charge is 2.20. The lowest BCUT2D eigenvalue weighted by Crippen LogP contribution is -2.15. The van der Waals surface area contributed by atoms with Crippen molar-refractivity contribution >= 4 is 21.4 Å². The number of halogens is 1. The number of anilines is 1. The summed E-state index contributed by atoms with van der Waals surface area (Å²) in [4.78, 5) is 17.2. The molecule has 1 amide bonds. The van der Waals surface area contributed by atoms with Crippen molar-refractivity contribution in [2.24, 2.45) is 0 Å². The molecule has 0 atom stereocenters. The summed E-state index contributed by atoms with van der Waals surface area (Å²) in [6, 6.07) is 12.6. The summed E-state index contributed by atoms with van der Waals surface area (Å²) in [5.74, 6) is -1.17. The van der Waals surface area contributed by atoms with Crippen molar-refractivity contribution in [2.75, 3.05) is 18.7 Å². The zero-order valence-corrected chi connectivity index (χ0v) is 18.2. The van der Waals surface area contributed by atoms with Gasteiger partial charge in [0.2, 0.25) is 5.88 Å². The van der Waals surface area contributed by atoms with E-state index in [-0.39, 0.29) is 39.1 Å². The van der Waals surface area contributed by atoms with Gasteiger partial charge < -0.3 is 14.8 Å². The fourth-order valence-electron chi connectivity index (χ4n) is 2.77. The van der Waals surface area contributed by atoms with Crippen LogP contribution < -0.4 is 14.8 Å². The third-order valence-corrected chi connectivity index (χ3v) is 5.51. The molecular formula is C22H18FN3O5S. The van der Waals surface area contributed by atoms with Gasteiger partial charge in [-0.25, -0.2) is 17.8 Å². The maximum Gasteiger partial charge on any atom is 0.261 e. The molecule has 10 heteroatoms. The maximum atomic E-state index is 13.5. The minimum absolute atomic E-state index is 0.0302. The van der Waals surface area contributed by atoms with Crippen LogP contribution in [0.1, 0.15) is 21.6 Å². The Balaban J connectivity index is 2.02. The van der Waals surface area contributed by atoms with Crippen LogP contribution in [0.15, 0.2) is 53.4 Å². The number of carbonyl (C=O) groups is 1. The molecule has 0 aliphatic carbocycles.